The molecule has 0 spiro atoms. The molecule has 0 saturated carbocycles. The molecule has 0 fully saturated rings. The normalized spacial score (nSPS) is 10.3. The SMILES string of the molecule is CCOc1ccccc1C(=O)c1ccc(-c2ccccc2)cc1. The lowest BCUT2D eigenvalue weighted by atomic mass is 9.99. The van der Waals surface area contributed by atoms with Gasteiger partial charge in [0.1, 0.15) is 5.75 Å². The molecule has 0 bridgehead atoms. The second-order valence-corrected chi connectivity index (χ2v) is 5.20. The van der Waals surface area contributed by atoms with Crippen LogP contribution in [0.3, 0.4) is 0 Å². The van der Waals surface area contributed by atoms with E-state index >= 15 is 0 Å². The molecule has 0 aliphatic rings. The molecule has 23 heavy (non-hydrogen) atoms. The molecule has 0 radical (unpaired) electrons. The number of ketones is 1. The predicted octanol–water partition coefficient (Wildman–Crippen LogP) is 4.98. The Bertz CT molecular complexity index is 790. The molecule has 2 nitrogen and oxygen atoms in total. The highest BCUT2D eigenvalue weighted by Gasteiger charge is 2.14. The van der Waals surface area contributed by atoms with Gasteiger partial charge in [0.05, 0.1) is 12.2 Å². The van der Waals surface area contributed by atoms with Crippen molar-refractivity contribution in [2.24, 2.45) is 0 Å². The summed E-state index contributed by atoms with van der Waals surface area (Å²) in [5, 5.41) is 0. The van der Waals surface area contributed by atoms with Crippen LogP contribution in [0.1, 0.15) is 22.8 Å². The van der Waals surface area contributed by atoms with Gasteiger partial charge in [0.25, 0.3) is 0 Å². The largest absolute Gasteiger partial charge is 0.493 e. The number of ether oxygens (including phenoxy) is 1. The lowest BCUT2D eigenvalue weighted by Crippen LogP contribution is -2.05. The molecule has 3 aromatic carbocycles. The average molecular weight is 302 g/mol. The van der Waals surface area contributed by atoms with Crippen LogP contribution >= 0.6 is 0 Å². The highest BCUT2D eigenvalue weighted by atomic mass is 16.5. The first kappa shape index (κ1) is 15.0. The van der Waals surface area contributed by atoms with Crippen molar-refractivity contribution in [3.63, 3.8) is 0 Å². The molecule has 0 atom stereocenters. The quantitative estimate of drug-likeness (QED) is 0.621. The van der Waals surface area contributed by atoms with Gasteiger partial charge in [0.2, 0.25) is 0 Å². The smallest absolute Gasteiger partial charge is 0.196 e. The standard InChI is InChI=1S/C21H18O2/c1-2-23-20-11-7-6-10-19(20)21(22)18-14-12-17(13-15-18)16-8-4-3-5-9-16/h3-15H,2H2,1H3. The highest BCUT2D eigenvalue weighted by molar-refractivity contribution is 6.10. The molecule has 3 rings (SSSR count). The minimum atomic E-state index is -0.0198. The van der Waals surface area contributed by atoms with Crippen LogP contribution < -0.4 is 4.74 Å². The molecule has 0 heterocycles. The molecule has 3 aromatic rings. The van der Waals surface area contributed by atoms with Gasteiger partial charge in [-0.25, -0.2) is 0 Å². The Balaban J connectivity index is 1.89. The van der Waals surface area contributed by atoms with Gasteiger partial charge in [-0.1, -0.05) is 66.7 Å². The van der Waals surface area contributed by atoms with Gasteiger partial charge in [0.15, 0.2) is 5.78 Å². The topological polar surface area (TPSA) is 26.3 Å². The molecule has 2 heteroatoms. The van der Waals surface area contributed by atoms with Crippen molar-refractivity contribution >= 4 is 5.78 Å². The first-order valence-electron chi connectivity index (χ1n) is 7.71. The molecular formula is C21H18O2. The summed E-state index contributed by atoms with van der Waals surface area (Å²) in [7, 11) is 0. The van der Waals surface area contributed by atoms with Crippen LogP contribution in [-0.4, -0.2) is 12.4 Å². The van der Waals surface area contributed by atoms with Crippen LogP contribution in [0.15, 0.2) is 78.9 Å². The second kappa shape index (κ2) is 6.93. The molecule has 0 amide bonds. The minimum Gasteiger partial charge on any atom is -0.493 e. The van der Waals surface area contributed by atoms with Crippen LogP contribution in [0.25, 0.3) is 11.1 Å². The maximum atomic E-state index is 12.7. The van der Waals surface area contributed by atoms with Crippen molar-refractivity contribution in [3.8, 4) is 16.9 Å². The first-order valence-corrected chi connectivity index (χ1v) is 7.71. The fourth-order valence-corrected chi connectivity index (χ4v) is 2.54. The Morgan fingerprint density at radius 2 is 1.39 bits per heavy atom. The van der Waals surface area contributed by atoms with Crippen molar-refractivity contribution in [3.05, 3.63) is 90.0 Å². The minimum absolute atomic E-state index is 0.0198. The Labute approximate surface area is 136 Å². The fraction of sp³-hybridized carbons (Fsp3) is 0.0952. The zero-order valence-corrected chi connectivity index (χ0v) is 13.0. The number of para-hydroxylation sites is 1. The van der Waals surface area contributed by atoms with Gasteiger partial charge in [-0.2, -0.15) is 0 Å². The third-order valence-electron chi connectivity index (χ3n) is 3.69. The van der Waals surface area contributed by atoms with E-state index in [9.17, 15) is 4.79 Å². The van der Waals surface area contributed by atoms with Crippen LogP contribution in [0.5, 0.6) is 5.75 Å². The third kappa shape index (κ3) is 3.32. The molecule has 0 aromatic heterocycles. The summed E-state index contributed by atoms with van der Waals surface area (Å²) in [5.41, 5.74) is 3.50. The molecule has 0 unspecified atom stereocenters. The summed E-state index contributed by atoms with van der Waals surface area (Å²) >= 11 is 0. The summed E-state index contributed by atoms with van der Waals surface area (Å²) in [6, 6.07) is 25.2. The summed E-state index contributed by atoms with van der Waals surface area (Å²) in [5.74, 6) is 0.612. The van der Waals surface area contributed by atoms with Gasteiger partial charge in [0, 0.05) is 5.56 Å². The predicted molar refractivity (Wildman–Crippen MR) is 92.9 cm³/mol. The molecular weight excluding hydrogens is 284 g/mol. The molecule has 0 aliphatic heterocycles. The van der Waals surface area contributed by atoms with Crippen LogP contribution in [0, 0.1) is 0 Å². The van der Waals surface area contributed by atoms with Gasteiger partial charge in [-0.15, -0.1) is 0 Å². The van der Waals surface area contributed by atoms with E-state index < -0.39 is 0 Å². The fourth-order valence-electron chi connectivity index (χ4n) is 2.54. The van der Waals surface area contributed by atoms with E-state index in [0.29, 0.717) is 23.5 Å². The van der Waals surface area contributed by atoms with Gasteiger partial charge < -0.3 is 4.74 Å². The van der Waals surface area contributed by atoms with E-state index in [1.165, 1.54) is 0 Å². The third-order valence-corrected chi connectivity index (χ3v) is 3.69. The number of hydrogen-bond acceptors (Lipinski definition) is 2. The molecule has 114 valence electrons. The number of carbonyl (C=O) groups excluding carboxylic acids is 1. The van der Waals surface area contributed by atoms with E-state index in [2.05, 4.69) is 12.1 Å². The van der Waals surface area contributed by atoms with Gasteiger partial charge in [-0.05, 0) is 30.2 Å². The zero-order valence-electron chi connectivity index (χ0n) is 13.0. The van der Waals surface area contributed by atoms with Crippen LogP contribution in [0.2, 0.25) is 0 Å². The maximum Gasteiger partial charge on any atom is 0.196 e. The van der Waals surface area contributed by atoms with E-state index in [1.807, 2.05) is 67.6 Å². The van der Waals surface area contributed by atoms with E-state index in [4.69, 9.17) is 4.74 Å². The molecule has 0 N–H and O–H groups in total. The number of hydrogen-bond donors (Lipinski definition) is 0. The van der Waals surface area contributed by atoms with Crippen molar-refractivity contribution in [1.82, 2.24) is 0 Å². The van der Waals surface area contributed by atoms with Gasteiger partial charge in [-0.3, -0.25) is 4.79 Å². The van der Waals surface area contributed by atoms with Gasteiger partial charge >= 0.3 is 0 Å². The number of benzene rings is 3. The van der Waals surface area contributed by atoms with Crippen molar-refractivity contribution in [2.45, 2.75) is 6.92 Å². The van der Waals surface area contributed by atoms with E-state index in [0.717, 1.165) is 11.1 Å². The van der Waals surface area contributed by atoms with Crippen LogP contribution in [0.4, 0.5) is 0 Å². The van der Waals surface area contributed by atoms with Crippen molar-refractivity contribution in [1.29, 1.82) is 0 Å². The number of carbonyl (C=O) groups is 1. The van der Waals surface area contributed by atoms with Crippen molar-refractivity contribution in [2.75, 3.05) is 6.61 Å². The van der Waals surface area contributed by atoms with Crippen LogP contribution in [-0.2, 0) is 0 Å². The summed E-state index contributed by atoms with van der Waals surface area (Å²) in [6.07, 6.45) is 0. The Hall–Kier alpha value is -2.87. The summed E-state index contributed by atoms with van der Waals surface area (Å²) in [6.45, 7) is 2.45. The Morgan fingerprint density at radius 3 is 2.09 bits per heavy atom. The average Bonchev–Trinajstić information content (AvgIpc) is 2.63. The van der Waals surface area contributed by atoms with E-state index in [1.54, 1.807) is 6.07 Å². The van der Waals surface area contributed by atoms with E-state index in [-0.39, 0.29) is 5.78 Å². The maximum absolute atomic E-state index is 12.7. The Morgan fingerprint density at radius 1 is 0.783 bits per heavy atom. The Kier molecular flexibility index (Phi) is 4.53. The molecule has 0 saturated heterocycles. The first-order chi connectivity index (χ1) is 11.3. The monoisotopic (exact) mass is 302 g/mol. The lowest BCUT2D eigenvalue weighted by molar-refractivity contribution is 0.103. The summed E-state index contributed by atoms with van der Waals surface area (Å²) in [4.78, 5) is 12.7. The molecule has 0 aliphatic carbocycles. The second-order valence-electron chi connectivity index (χ2n) is 5.20. The number of rotatable bonds is 5. The zero-order chi connectivity index (χ0) is 16.1. The van der Waals surface area contributed by atoms with Crippen molar-refractivity contribution < 1.29 is 9.53 Å². The highest BCUT2D eigenvalue weighted by Crippen LogP contribution is 2.24. The lowest BCUT2D eigenvalue weighted by Gasteiger charge is -2.09. The summed E-state index contributed by atoms with van der Waals surface area (Å²) < 4.78 is 5.55.